The van der Waals surface area contributed by atoms with Gasteiger partial charge in [-0.25, -0.2) is 4.39 Å². The lowest BCUT2D eigenvalue weighted by atomic mass is 10.1. The molecule has 0 aliphatic heterocycles. The maximum Gasteiger partial charge on any atom is 0.224 e. The quantitative estimate of drug-likeness (QED) is 0.929. The zero-order valence-corrected chi connectivity index (χ0v) is 12.5. The van der Waals surface area contributed by atoms with Crippen molar-refractivity contribution in [2.24, 2.45) is 0 Å². The number of carbonyl (C=O) groups is 1. The minimum absolute atomic E-state index is 0.129. The number of hydrogen-bond acceptors (Lipinski definition) is 2. The van der Waals surface area contributed by atoms with Crippen molar-refractivity contribution in [1.29, 1.82) is 0 Å². The molecule has 2 rings (SSSR count). The van der Waals surface area contributed by atoms with Gasteiger partial charge in [-0.15, -0.1) is 0 Å². The monoisotopic (exact) mass is 336 g/mol. The molecule has 5 heteroatoms. The van der Waals surface area contributed by atoms with Crippen molar-refractivity contribution in [2.45, 2.75) is 19.4 Å². The van der Waals surface area contributed by atoms with E-state index in [4.69, 9.17) is 0 Å². The number of halogens is 2. The second-order valence-electron chi connectivity index (χ2n) is 4.46. The molecule has 1 aromatic carbocycles. The van der Waals surface area contributed by atoms with Gasteiger partial charge in [-0.3, -0.25) is 9.78 Å². The van der Waals surface area contributed by atoms with E-state index in [-0.39, 0.29) is 24.2 Å². The van der Waals surface area contributed by atoms with E-state index in [0.29, 0.717) is 4.47 Å². The van der Waals surface area contributed by atoms with E-state index in [1.807, 2.05) is 25.1 Å². The number of pyridine rings is 1. The van der Waals surface area contributed by atoms with Crippen molar-refractivity contribution in [2.75, 3.05) is 0 Å². The van der Waals surface area contributed by atoms with E-state index in [1.165, 1.54) is 12.1 Å². The number of benzene rings is 1. The molecule has 0 saturated heterocycles. The Bertz CT molecular complexity index is 604. The van der Waals surface area contributed by atoms with Crippen molar-refractivity contribution in [1.82, 2.24) is 10.3 Å². The van der Waals surface area contributed by atoms with Crippen molar-refractivity contribution < 1.29 is 9.18 Å². The molecule has 1 heterocycles. The Morgan fingerprint density at radius 3 is 2.85 bits per heavy atom. The molecule has 2 aromatic rings. The molecular formula is C15H14BrFN2O. The maximum atomic E-state index is 13.0. The highest BCUT2D eigenvalue weighted by atomic mass is 79.9. The minimum atomic E-state index is -0.331. The summed E-state index contributed by atoms with van der Waals surface area (Å²) in [6.45, 7) is 1.87. The Morgan fingerprint density at radius 1 is 1.40 bits per heavy atom. The molecule has 0 spiro atoms. The van der Waals surface area contributed by atoms with Crippen LogP contribution in [0.2, 0.25) is 0 Å². The van der Waals surface area contributed by atoms with E-state index >= 15 is 0 Å². The summed E-state index contributed by atoms with van der Waals surface area (Å²) in [7, 11) is 0. The van der Waals surface area contributed by atoms with Gasteiger partial charge in [0.25, 0.3) is 0 Å². The molecule has 0 radical (unpaired) electrons. The van der Waals surface area contributed by atoms with Crippen molar-refractivity contribution in [3.8, 4) is 0 Å². The molecular weight excluding hydrogens is 323 g/mol. The Hall–Kier alpha value is -1.75. The fraction of sp³-hybridized carbons (Fsp3) is 0.200. The second-order valence-corrected chi connectivity index (χ2v) is 5.31. The number of nitrogens with zero attached hydrogens (tertiary/aromatic N) is 1. The summed E-state index contributed by atoms with van der Waals surface area (Å²) in [4.78, 5) is 16.2. The van der Waals surface area contributed by atoms with Gasteiger partial charge in [0.1, 0.15) is 5.82 Å². The number of aromatic nitrogens is 1. The van der Waals surface area contributed by atoms with Crippen molar-refractivity contribution in [3.63, 3.8) is 0 Å². The van der Waals surface area contributed by atoms with Gasteiger partial charge in [0.15, 0.2) is 0 Å². The molecule has 1 N–H and O–H groups in total. The fourth-order valence-electron chi connectivity index (χ4n) is 1.84. The first-order valence-electron chi connectivity index (χ1n) is 6.20. The van der Waals surface area contributed by atoms with Crippen LogP contribution in [0.4, 0.5) is 4.39 Å². The fourth-order valence-corrected chi connectivity index (χ4v) is 2.33. The van der Waals surface area contributed by atoms with E-state index in [9.17, 15) is 9.18 Å². The lowest BCUT2D eigenvalue weighted by Crippen LogP contribution is -2.28. The summed E-state index contributed by atoms with van der Waals surface area (Å²) in [5.41, 5.74) is 1.55. The SMILES string of the molecule is C[C@H](NC(=O)Cc1ccc(F)cc1Br)c1ccccn1. The molecule has 1 amide bonds. The van der Waals surface area contributed by atoms with Crippen LogP contribution in [0.5, 0.6) is 0 Å². The molecule has 104 valence electrons. The first kappa shape index (κ1) is 14.7. The average molecular weight is 337 g/mol. The molecule has 0 fully saturated rings. The second kappa shape index (κ2) is 6.61. The highest BCUT2D eigenvalue weighted by molar-refractivity contribution is 9.10. The molecule has 1 atom stereocenters. The number of rotatable bonds is 4. The third kappa shape index (κ3) is 3.87. The third-order valence-electron chi connectivity index (χ3n) is 2.88. The van der Waals surface area contributed by atoms with Crippen LogP contribution in [0.3, 0.4) is 0 Å². The van der Waals surface area contributed by atoms with Crippen LogP contribution in [0.15, 0.2) is 47.1 Å². The van der Waals surface area contributed by atoms with Crippen LogP contribution in [0.1, 0.15) is 24.2 Å². The molecule has 1 aromatic heterocycles. The predicted octanol–water partition coefficient (Wildman–Crippen LogP) is 3.40. The first-order chi connectivity index (χ1) is 9.56. The third-order valence-corrected chi connectivity index (χ3v) is 3.61. The summed E-state index contributed by atoms with van der Waals surface area (Å²) in [6, 6.07) is 9.70. The molecule has 20 heavy (non-hydrogen) atoms. The van der Waals surface area contributed by atoms with Crippen LogP contribution in [-0.4, -0.2) is 10.9 Å². The van der Waals surface area contributed by atoms with Crippen LogP contribution < -0.4 is 5.32 Å². The van der Waals surface area contributed by atoms with Crippen LogP contribution >= 0.6 is 15.9 Å². The number of nitrogens with one attached hydrogen (secondary N) is 1. The molecule has 0 saturated carbocycles. The minimum Gasteiger partial charge on any atom is -0.348 e. The Balaban J connectivity index is 1.99. The summed E-state index contributed by atoms with van der Waals surface area (Å²) in [5.74, 6) is -0.460. The maximum absolute atomic E-state index is 13.0. The topological polar surface area (TPSA) is 42.0 Å². The Kier molecular flexibility index (Phi) is 4.84. The average Bonchev–Trinajstić information content (AvgIpc) is 2.43. The zero-order chi connectivity index (χ0) is 14.5. The summed E-state index contributed by atoms with van der Waals surface area (Å²) >= 11 is 3.25. The van der Waals surface area contributed by atoms with Gasteiger partial charge in [-0.05, 0) is 36.8 Å². The number of hydrogen-bond donors (Lipinski definition) is 1. The Morgan fingerprint density at radius 2 is 2.20 bits per heavy atom. The van der Waals surface area contributed by atoms with Crippen LogP contribution in [0, 0.1) is 5.82 Å². The molecule has 0 unspecified atom stereocenters. The van der Waals surface area contributed by atoms with Gasteiger partial charge < -0.3 is 5.32 Å². The van der Waals surface area contributed by atoms with Crippen LogP contribution in [0.25, 0.3) is 0 Å². The summed E-state index contributed by atoms with van der Waals surface area (Å²) in [6.07, 6.45) is 1.88. The molecule has 0 bridgehead atoms. The van der Waals surface area contributed by atoms with E-state index in [0.717, 1.165) is 11.3 Å². The van der Waals surface area contributed by atoms with Gasteiger partial charge in [0.05, 0.1) is 18.2 Å². The standard InChI is InChI=1S/C15H14BrFN2O/c1-10(14-4-2-3-7-18-14)19-15(20)8-11-5-6-12(17)9-13(11)16/h2-7,9-10H,8H2,1H3,(H,19,20)/t10-/m0/s1. The summed E-state index contributed by atoms with van der Waals surface area (Å²) < 4.78 is 13.6. The van der Waals surface area contributed by atoms with Gasteiger partial charge in [0.2, 0.25) is 5.91 Å². The zero-order valence-electron chi connectivity index (χ0n) is 10.9. The van der Waals surface area contributed by atoms with Crippen LogP contribution in [-0.2, 0) is 11.2 Å². The lowest BCUT2D eigenvalue weighted by molar-refractivity contribution is -0.121. The van der Waals surface area contributed by atoms with E-state index < -0.39 is 0 Å². The smallest absolute Gasteiger partial charge is 0.224 e. The molecule has 3 nitrogen and oxygen atoms in total. The van der Waals surface area contributed by atoms with Gasteiger partial charge in [-0.1, -0.05) is 28.1 Å². The molecule has 0 aliphatic carbocycles. The van der Waals surface area contributed by atoms with Gasteiger partial charge in [-0.2, -0.15) is 0 Å². The number of carbonyl (C=O) groups excluding carboxylic acids is 1. The van der Waals surface area contributed by atoms with Gasteiger partial charge >= 0.3 is 0 Å². The largest absolute Gasteiger partial charge is 0.348 e. The Labute approximate surface area is 125 Å². The van der Waals surface area contributed by atoms with Crippen molar-refractivity contribution in [3.05, 3.63) is 64.1 Å². The van der Waals surface area contributed by atoms with E-state index in [1.54, 1.807) is 12.3 Å². The lowest BCUT2D eigenvalue weighted by Gasteiger charge is -2.13. The predicted molar refractivity (Wildman–Crippen MR) is 78.6 cm³/mol. The highest BCUT2D eigenvalue weighted by Crippen LogP contribution is 2.19. The van der Waals surface area contributed by atoms with Crippen molar-refractivity contribution >= 4 is 21.8 Å². The number of amides is 1. The normalized spacial score (nSPS) is 11.9. The van der Waals surface area contributed by atoms with E-state index in [2.05, 4.69) is 26.2 Å². The molecule has 0 aliphatic rings. The highest BCUT2D eigenvalue weighted by Gasteiger charge is 2.12. The first-order valence-corrected chi connectivity index (χ1v) is 7.00. The summed E-state index contributed by atoms with van der Waals surface area (Å²) in [5, 5.41) is 2.87. The van der Waals surface area contributed by atoms with Gasteiger partial charge in [0, 0.05) is 10.7 Å².